The molecule has 1 aromatic carbocycles. The van der Waals surface area contributed by atoms with Crippen molar-refractivity contribution in [1.82, 2.24) is 4.72 Å². The number of benzene rings is 1. The van der Waals surface area contributed by atoms with E-state index in [0.29, 0.717) is 13.2 Å². The van der Waals surface area contributed by atoms with E-state index >= 15 is 0 Å². The third-order valence-electron chi connectivity index (χ3n) is 5.53. The summed E-state index contributed by atoms with van der Waals surface area (Å²) < 4.78 is 28.9. The van der Waals surface area contributed by atoms with Crippen LogP contribution < -0.4 is 9.46 Å². The van der Waals surface area contributed by atoms with Gasteiger partial charge in [-0.2, -0.15) is 0 Å². The molecule has 4 nitrogen and oxygen atoms in total. The lowest BCUT2D eigenvalue weighted by molar-refractivity contribution is 0.306. The van der Waals surface area contributed by atoms with Gasteiger partial charge in [0.15, 0.2) is 0 Å². The van der Waals surface area contributed by atoms with E-state index < -0.39 is 11.3 Å². The first kappa shape index (κ1) is 27.1. The van der Waals surface area contributed by atoms with Crippen molar-refractivity contribution >= 4 is 11.3 Å². The zero-order chi connectivity index (χ0) is 21.7. The second-order valence-electron chi connectivity index (χ2n) is 8.32. The number of ether oxygens (including phenoxy) is 1. The molecule has 1 rings (SSSR count). The Morgan fingerprint density at radius 2 is 1.43 bits per heavy atom. The van der Waals surface area contributed by atoms with Gasteiger partial charge in [0.2, 0.25) is 0 Å². The fourth-order valence-electron chi connectivity index (χ4n) is 3.71. The Kier molecular flexibility index (Phi) is 18.1. The van der Waals surface area contributed by atoms with Gasteiger partial charge in [0, 0.05) is 17.8 Å². The van der Waals surface area contributed by atoms with Crippen LogP contribution in [0.15, 0.2) is 24.3 Å². The molecule has 30 heavy (non-hydrogen) atoms. The molecule has 0 aliphatic carbocycles. The summed E-state index contributed by atoms with van der Waals surface area (Å²) in [7, 11) is 0. The monoisotopic (exact) mass is 438 g/mol. The molecule has 0 radical (unpaired) electrons. The van der Waals surface area contributed by atoms with Crippen LogP contribution in [-0.4, -0.2) is 21.9 Å². The lowest BCUT2D eigenvalue weighted by atomic mass is 10.0. The van der Waals surface area contributed by atoms with Gasteiger partial charge in [-0.05, 0) is 43.4 Å². The largest absolute Gasteiger partial charge is 0.760 e. The number of nitrogens with one attached hydrogen (secondary N) is 1. The smallest absolute Gasteiger partial charge is 0.119 e. The summed E-state index contributed by atoms with van der Waals surface area (Å²) in [5, 5.41) is 0. The molecule has 1 N–H and O–H groups in total. The zero-order valence-electron chi connectivity index (χ0n) is 19.2. The molecule has 0 fully saturated rings. The Bertz CT molecular complexity index is 539. The molecule has 0 aliphatic rings. The van der Waals surface area contributed by atoms with Crippen LogP contribution in [0.4, 0.5) is 0 Å². The Balaban J connectivity index is 1.95. The number of unbranched alkanes of at least 4 members (excludes halogenated alkanes) is 13. The van der Waals surface area contributed by atoms with Crippen molar-refractivity contribution < 1.29 is 13.5 Å². The van der Waals surface area contributed by atoms with Crippen LogP contribution in [-0.2, 0) is 17.7 Å². The average Bonchev–Trinajstić information content (AvgIpc) is 2.74. The molecule has 0 spiro atoms. The van der Waals surface area contributed by atoms with Gasteiger partial charge in [0.1, 0.15) is 5.75 Å². The van der Waals surface area contributed by atoms with Crippen molar-refractivity contribution in [2.75, 3.05) is 13.2 Å². The molecular weight excluding hydrogens is 394 g/mol. The van der Waals surface area contributed by atoms with Crippen LogP contribution in [0.3, 0.4) is 0 Å². The molecule has 0 bridgehead atoms. The summed E-state index contributed by atoms with van der Waals surface area (Å²) in [4.78, 5) is 0. The third kappa shape index (κ3) is 16.8. The fraction of sp³-hybridized carbons (Fsp3) is 0.760. The van der Waals surface area contributed by atoms with Gasteiger partial charge < -0.3 is 9.29 Å². The van der Waals surface area contributed by atoms with Gasteiger partial charge >= 0.3 is 0 Å². The van der Waals surface area contributed by atoms with E-state index in [-0.39, 0.29) is 0 Å². The molecule has 1 atom stereocenters. The van der Waals surface area contributed by atoms with Gasteiger partial charge in [-0.3, -0.25) is 4.21 Å². The van der Waals surface area contributed by atoms with Gasteiger partial charge in [0.25, 0.3) is 0 Å². The van der Waals surface area contributed by atoms with Crippen LogP contribution in [0.5, 0.6) is 5.75 Å². The molecular formula is C25H44NO3S-. The highest BCUT2D eigenvalue weighted by Gasteiger charge is 1.99. The van der Waals surface area contributed by atoms with Crippen LogP contribution in [0.25, 0.3) is 0 Å². The normalized spacial score (nSPS) is 12.2. The summed E-state index contributed by atoms with van der Waals surface area (Å²) in [5.41, 5.74) is 1.35. The SMILES string of the molecule is CCCCCCCCCCCCCCCc1cccc(OCCCCNS(=O)[O-])c1. The van der Waals surface area contributed by atoms with E-state index in [2.05, 4.69) is 29.8 Å². The zero-order valence-corrected chi connectivity index (χ0v) is 20.0. The van der Waals surface area contributed by atoms with Gasteiger partial charge in [-0.1, -0.05) is 96.1 Å². The fourth-order valence-corrected chi connectivity index (χ4v) is 4.02. The molecule has 0 aliphatic heterocycles. The van der Waals surface area contributed by atoms with Gasteiger partial charge in [0.05, 0.1) is 6.61 Å². The predicted octanol–water partition coefficient (Wildman–Crippen LogP) is 6.86. The number of hydrogen-bond donors (Lipinski definition) is 1. The second kappa shape index (κ2) is 20.0. The van der Waals surface area contributed by atoms with Crippen LogP contribution in [0, 0.1) is 0 Å². The van der Waals surface area contributed by atoms with Crippen molar-refractivity contribution in [3.05, 3.63) is 29.8 Å². The maximum absolute atomic E-state index is 10.4. The number of hydrogen-bond acceptors (Lipinski definition) is 3. The minimum absolute atomic E-state index is 0.471. The minimum Gasteiger partial charge on any atom is -0.760 e. The summed E-state index contributed by atoms with van der Waals surface area (Å²) >= 11 is -2.16. The van der Waals surface area contributed by atoms with Crippen molar-refractivity contribution in [3.8, 4) is 5.75 Å². The Morgan fingerprint density at radius 1 is 0.833 bits per heavy atom. The highest BCUT2D eigenvalue weighted by molar-refractivity contribution is 7.77. The van der Waals surface area contributed by atoms with Crippen LogP contribution in [0.2, 0.25) is 0 Å². The molecule has 0 amide bonds. The first-order valence-corrected chi connectivity index (χ1v) is 13.3. The minimum atomic E-state index is -2.16. The highest BCUT2D eigenvalue weighted by Crippen LogP contribution is 2.17. The summed E-state index contributed by atoms with van der Waals surface area (Å²) in [6, 6.07) is 8.39. The standard InChI is InChI=1S/C25H45NO3S/c1-2-3-4-5-6-7-8-9-10-11-12-13-14-18-24-19-17-20-25(23-24)29-22-16-15-21-26-30(27)28/h17,19-20,23,26H,2-16,18,21-22H2,1H3,(H,27,28)/p-1. The summed E-state index contributed by atoms with van der Waals surface area (Å²) in [6.45, 7) is 3.37. The second-order valence-corrected chi connectivity index (χ2v) is 9.08. The van der Waals surface area contributed by atoms with E-state index in [1.807, 2.05) is 6.07 Å². The molecule has 0 heterocycles. The number of rotatable bonds is 21. The summed E-state index contributed by atoms with van der Waals surface area (Å²) in [6.07, 6.45) is 20.8. The Morgan fingerprint density at radius 3 is 2.03 bits per heavy atom. The van der Waals surface area contributed by atoms with E-state index in [1.54, 1.807) is 0 Å². The maximum Gasteiger partial charge on any atom is 0.119 e. The van der Waals surface area contributed by atoms with Crippen LogP contribution in [0.1, 0.15) is 109 Å². The highest BCUT2D eigenvalue weighted by atomic mass is 32.2. The van der Waals surface area contributed by atoms with Gasteiger partial charge in [-0.25, -0.2) is 4.72 Å². The Labute approximate surface area is 188 Å². The number of aryl methyl sites for hydroxylation is 1. The van der Waals surface area contributed by atoms with Crippen molar-refractivity contribution in [3.63, 3.8) is 0 Å². The quantitative estimate of drug-likeness (QED) is 0.168. The Hall–Kier alpha value is -0.910. The first-order valence-electron chi connectivity index (χ1n) is 12.3. The molecule has 0 aromatic heterocycles. The topological polar surface area (TPSA) is 61.4 Å². The lowest BCUT2D eigenvalue weighted by Gasteiger charge is -2.09. The van der Waals surface area contributed by atoms with E-state index in [4.69, 9.17) is 4.74 Å². The first-order chi connectivity index (χ1) is 14.7. The molecule has 174 valence electrons. The molecule has 1 aromatic rings. The van der Waals surface area contributed by atoms with Crippen LogP contribution >= 0.6 is 0 Å². The molecule has 0 saturated heterocycles. The average molecular weight is 439 g/mol. The predicted molar refractivity (Wildman–Crippen MR) is 127 cm³/mol. The molecule has 0 saturated carbocycles. The van der Waals surface area contributed by atoms with E-state index in [1.165, 1.54) is 89.0 Å². The van der Waals surface area contributed by atoms with Crippen molar-refractivity contribution in [1.29, 1.82) is 0 Å². The van der Waals surface area contributed by atoms with Gasteiger partial charge in [-0.15, -0.1) is 0 Å². The van der Waals surface area contributed by atoms with E-state index in [9.17, 15) is 8.76 Å². The van der Waals surface area contributed by atoms with Crippen molar-refractivity contribution in [2.45, 2.75) is 110 Å². The molecule has 1 unspecified atom stereocenters. The van der Waals surface area contributed by atoms with E-state index in [0.717, 1.165) is 25.0 Å². The molecule has 5 heteroatoms. The summed E-state index contributed by atoms with van der Waals surface area (Å²) in [5.74, 6) is 0.919. The third-order valence-corrected chi connectivity index (χ3v) is 5.97. The van der Waals surface area contributed by atoms with Crippen molar-refractivity contribution in [2.24, 2.45) is 0 Å². The lowest BCUT2D eigenvalue weighted by Crippen LogP contribution is -2.18. The maximum atomic E-state index is 10.4.